The molecule has 146 valence electrons. The van der Waals surface area contributed by atoms with Crippen LogP contribution in [0, 0.1) is 13.8 Å². The van der Waals surface area contributed by atoms with E-state index in [0.717, 1.165) is 41.3 Å². The van der Waals surface area contributed by atoms with E-state index in [1.54, 1.807) is 6.07 Å². The van der Waals surface area contributed by atoms with Crippen LogP contribution in [0.15, 0.2) is 16.7 Å². The number of rotatable bonds is 7. The van der Waals surface area contributed by atoms with Crippen molar-refractivity contribution < 1.29 is 19.2 Å². The van der Waals surface area contributed by atoms with Gasteiger partial charge in [-0.3, -0.25) is 9.59 Å². The van der Waals surface area contributed by atoms with Gasteiger partial charge in [0, 0.05) is 30.0 Å². The van der Waals surface area contributed by atoms with E-state index in [1.807, 2.05) is 24.8 Å². The van der Waals surface area contributed by atoms with Crippen molar-refractivity contribution in [2.75, 3.05) is 19.7 Å². The van der Waals surface area contributed by atoms with Crippen molar-refractivity contribution in [2.24, 2.45) is 0 Å². The van der Waals surface area contributed by atoms with Crippen molar-refractivity contribution in [1.29, 1.82) is 0 Å². The molecule has 8 heteroatoms. The second kappa shape index (κ2) is 8.67. The Kier molecular flexibility index (Phi) is 6.28. The van der Waals surface area contributed by atoms with Crippen molar-refractivity contribution in [3.8, 4) is 0 Å². The van der Waals surface area contributed by atoms with Crippen molar-refractivity contribution in [3.05, 3.63) is 38.9 Å². The Hall–Kier alpha value is -2.19. The van der Waals surface area contributed by atoms with Crippen molar-refractivity contribution in [3.63, 3.8) is 0 Å². The van der Waals surface area contributed by atoms with Crippen LogP contribution in [0.1, 0.15) is 56.9 Å². The lowest BCUT2D eigenvalue weighted by atomic mass is 10.1. The van der Waals surface area contributed by atoms with Gasteiger partial charge in [0.25, 0.3) is 5.91 Å². The van der Waals surface area contributed by atoms with E-state index in [2.05, 4.69) is 10.5 Å². The second-order valence-electron chi connectivity index (χ2n) is 6.73. The van der Waals surface area contributed by atoms with Crippen molar-refractivity contribution in [1.82, 2.24) is 15.4 Å². The third-order valence-corrected chi connectivity index (χ3v) is 6.10. The zero-order valence-electron chi connectivity index (χ0n) is 15.7. The Balaban J connectivity index is 1.64. The molecule has 27 heavy (non-hydrogen) atoms. The van der Waals surface area contributed by atoms with Gasteiger partial charge in [0.05, 0.1) is 23.2 Å². The first kappa shape index (κ1) is 19.6. The molecule has 0 spiro atoms. The van der Waals surface area contributed by atoms with Gasteiger partial charge in [-0.2, -0.15) is 0 Å². The predicted octanol–water partition coefficient (Wildman–Crippen LogP) is 2.37. The molecule has 3 heterocycles. The average molecular weight is 391 g/mol. The first-order valence-corrected chi connectivity index (χ1v) is 10.0. The molecule has 1 saturated heterocycles. The standard InChI is InChI=1S/C19H25N3O4S/c1-12-14(13(2)26-21-12)5-8-18(24)22-10-3-4-15(22)16-6-7-17(27-16)19(25)20-9-11-23/h6-7,15,23H,3-5,8-11H2,1-2H3,(H,20,25)/t15-/m1/s1. The molecule has 1 atom stereocenters. The quantitative estimate of drug-likeness (QED) is 0.755. The van der Waals surface area contributed by atoms with E-state index in [1.165, 1.54) is 11.3 Å². The van der Waals surface area contributed by atoms with Crippen LogP contribution in [0.25, 0.3) is 0 Å². The summed E-state index contributed by atoms with van der Waals surface area (Å²) in [7, 11) is 0. The summed E-state index contributed by atoms with van der Waals surface area (Å²) in [5.74, 6) is 0.710. The number of hydrogen-bond donors (Lipinski definition) is 2. The van der Waals surface area contributed by atoms with E-state index in [4.69, 9.17) is 9.63 Å². The summed E-state index contributed by atoms with van der Waals surface area (Å²) in [5.41, 5.74) is 1.85. The molecule has 0 unspecified atom stereocenters. The highest BCUT2D eigenvalue weighted by atomic mass is 32.1. The maximum Gasteiger partial charge on any atom is 0.261 e. The SMILES string of the molecule is Cc1noc(C)c1CCC(=O)N1CCC[C@@H]1c1ccc(C(=O)NCCO)s1. The Morgan fingerprint density at radius 3 is 2.93 bits per heavy atom. The number of aliphatic hydroxyl groups is 1. The van der Waals surface area contributed by atoms with Crippen molar-refractivity contribution in [2.45, 2.75) is 45.6 Å². The van der Waals surface area contributed by atoms with Gasteiger partial charge in [-0.25, -0.2) is 0 Å². The van der Waals surface area contributed by atoms with Crippen molar-refractivity contribution >= 4 is 23.2 Å². The summed E-state index contributed by atoms with van der Waals surface area (Å²) in [4.78, 5) is 28.4. The molecule has 3 rings (SSSR count). The fourth-order valence-electron chi connectivity index (χ4n) is 3.51. The number of thiophene rings is 1. The highest BCUT2D eigenvalue weighted by Gasteiger charge is 2.31. The summed E-state index contributed by atoms with van der Waals surface area (Å²) < 4.78 is 5.17. The Morgan fingerprint density at radius 1 is 1.41 bits per heavy atom. The zero-order chi connectivity index (χ0) is 19.4. The normalized spacial score (nSPS) is 16.7. The summed E-state index contributed by atoms with van der Waals surface area (Å²) in [6.07, 6.45) is 2.93. The lowest BCUT2D eigenvalue weighted by molar-refractivity contribution is -0.132. The minimum atomic E-state index is -0.186. The lowest BCUT2D eigenvalue weighted by Crippen LogP contribution is -2.30. The van der Waals surface area contributed by atoms with Gasteiger partial charge in [0.2, 0.25) is 5.91 Å². The second-order valence-corrected chi connectivity index (χ2v) is 7.84. The summed E-state index contributed by atoms with van der Waals surface area (Å²) in [6, 6.07) is 3.76. The number of aromatic nitrogens is 1. The van der Waals surface area contributed by atoms with Gasteiger partial charge in [0.15, 0.2) is 0 Å². The molecular formula is C19H25N3O4S. The summed E-state index contributed by atoms with van der Waals surface area (Å²) in [5, 5.41) is 15.4. The highest BCUT2D eigenvalue weighted by Crippen LogP contribution is 2.36. The van der Waals surface area contributed by atoms with Crippen LogP contribution in [0.3, 0.4) is 0 Å². The first-order valence-electron chi connectivity index (χ1n) is 9.21. The molecule has 7 nitrogen and oxygen atoms in total. The number of amides is 2. The van der Waals surface area contributed by atoms with E-state index in [9.17, 15) is 9.59 Å². The van der Waals surface area contributed by atoms with Crippen LogP contribution in [0.2, 0.25) is 0 Å². The van der Waals surface area contributed by atoms with E-state index >= 15 is 0 Å². The number of likely N-dealkylation sites (tertiary alicyclic amines) is 1. The zero-order valence-corrected chi connectivity index (χ0v) is 16.5. The number of carbonyl (C=O) groups is 2. The number of nitrogens with one attached hydrogen (secondary N) is 1. The van der Waals surface area contributed by atoms with E-state index < -0.39 is 0 Å². The van der Waals surface area contributed by atoms with Crippen LogP contribution in [0.4, 0.5) is 0 Å². The van der Waals surface area contributed by atoms with Crippen LogP contribution < -0.4 is 5.32 Å². The highest BCUT2D eigenvalue weighted by molar-refractivity contribution is 7.14. The summed E-state index contributed by atoms with van der Waals surface area (Å²) >= 11 is 1.42. The maximum atomic E-state index is 12.8. The van der Waals surface area contributed by atoms with E-state index in [-0.39, 0.29) is 31.0 Å². The first-order chi connectivity index (χ1) is 13.0. The molecule has 1 fully saturated rings. The van der Waals surface area contributed by atoms with Gasteiger partial charge in [0.1, 0.15) is 5.76 Å². The molecule has 0 radical (unpaired) electrons. The molecule has 1 aliphatic heterocycles. The van der Waals surface area contributed by atoms with Gasteiger partial charge in [-0.1, -0.05) is 5.16 Å². The minimum Gasteiger partial charge on any atom is -0.395 e. The molecule has 1 aliphatic rings. The van der Waals surface area contributed by atoms with Gasteiger partial charge in [-0.05, 0) is 45.2 Å². The molecule has 0 saturated carbocycles. The average Bonchev–Trinajstić information content (AvgIpc) is 3.38. The Bertz CT molecular complexity index is 794. The van der Waals surface area contributed by atoms with Gasteiger partial charge < -0.3 is 19.8 Å². The topological polar surface area (TPSA) is 95.7 Å². The third kappa shape index (κ3) is 4.39. The molecule has 0 aromatic carbocycles. The number of carbonyl (C=O) groups excluding carboxylic acids is 2. The lowest BCUT2D eigenvalue weighted by Gasteiger charge is -2.24. The molecule has 2 aromatic heterocycles. The Morgan fingerprint density at radius 2 is 2.22 bits per heavy atom. The molecule has 2 amide bonds. The number of aryl methyl sites for hydroxylation is 2. The molecule has 0 bridgehead atoms. The van der Waals surface area contributed by atoms with Crippen LogP contribution in [-0.2, 0) is 11.2 Å². The number of nitrogens with zero attached hydrogens (tertiary/aromatic N) is 2. The fourth-order valence-corrected chi connectivity index (χ4v) is 4.58. The molecule has 0 aliphatic carbocycles. The maximum absolute atomic E-state index is 12.8. The smallest absolute Gasteiger partial charge is 0.261 e. The van der Waals surface area contributed by atoms with E-state index in [0.29, 0.717) is 17.7 Å². The Labute approximate surface area is 162 Å². The van der Waals surface area contributed by atoms with Gasteiger partial charge >= 0.3 is 0 Å². The van der Waals surface area contributed by atoms with Crippen LogP contribution >= 0.6 is 11.3 Å². The predicted molar refractivity (Wildman–Crippen MR) is 102 cm³/mol. The van der Waals surface area contributed by atoms with Crippen LogP contribution in [-0.4, -0.2) is 46.7 Å². The number of aliphatic hydroxyl groups excluding tert-OH is 1. The molecular weight excluding hydrogens is 366 g/mol. The number of hydrogen-bond acceptors (Lipinski definition) is 6. The van der Waals surface area contributed by atoms with Gasteiger partial charge in [-0.15, -0.1) is 11.3 Å². The fraction of sp³-hybridized carbons (Fsp3) is 0.526. The largest absolute Gasteiger partial charge is 0.395 e. The summed E-state index contributed by atoms with van der Waals surface area (Å²) in [6.45, 7) is 4.66. The monoisotopic (exact) mass is 391 g/mol. The third-order valence-electron chi connectivity index (χ3n) is 4.92. The molecule has 2 N–H and O–H groups in total. The minimum absolute atomic E-state index is 0.0339. The van der Waals surface area contributed by atoms with Crippen LogP contribution in [0.5, 0.6) is 0 Å². The molecule has 2 aromatic rings.